The van der Waals surface area contributed by atoms with E-state index >= 15 is 0 Å². The smallest absolute Gasteiger partial charge is 0.452 e. The Hall–Kier alpha value is -5.11. The Morgan fingerprint density at radius 2 is 1.44 bits per heavy atom. The van der Waals surface area contributed by atoms with Gasteiger partial charge in [0, 0.05) is 23.6 Å². The van der Waals surface area contributed by atoms with Crippen LogP contribution in [0.2, 0.25) is 5.02 Å². The number of carbonyl (C=O) groups is 5. The van der Waals surface area contributed by atoms with Gasteiger partial charge in [-0.25, -0.2) is 4.79 Å². The maximum Gasteiger partial charge on any atom is 0.452 e. The third kappa shape index (κ3) is 12.6. The number of alkyl carbamates (subject to hydrolysis) is 1. The van der Waals surface area contributed by atoms with Gasteiger partial charge in [-0.2, -0.15) is 13.2 Å². The lowest BCUT2D eigenvalue weighted by molar-refractivity contribution is -0.175. The zero-order valence-electron chi connectivity index (χ0n) is 29.5. The molecule has 3 aromatic rings. The SMILES string of the molecule is COc1ccc(C(NC(=O)C(Cc2cccc(Cl)c2)NC(=O)c2ccc(CNC(=O)OC(C)(C)C)cc2)C(=O)NC(C(=O)C(F)(F)F)C(C)C)cc1. The molecule has 0 aliphatic carbocycles. The van der Waals surface area contributed by atoms with Gasteiger partial charge in [0.2, 0.25) is 11.8 Å². The van der Waals surface area contributed by atoms with Gasteiger partial charge >= 0.3 is 12.3 Å². The largest absolute Gasteiger partial charge is 0.497 e. The fourth-order valence-electron chi connectivity index (χ4n) is 4.90. The average molecular weight is 747 g/mol. The van der Waals surface area contributed by atoms with E-state index in [4.69, 9.17) is 21.1 Å². The van der Waals surface area contributed by atoms with Gasteiger partial charge in [-0.1, -0.05) is 61.8 Å². The third-order valence-corrected chi connectivity index (χ3v) is 7.76. The lowest BCUT2D eigenvalue weighted by Gasteiger charge is -2.27. The predicted octanol–water partition coefficient (Wildman–Crippen LogP) is 5.84. The summed E-state index contributed by atoms with van der Waals surface area (Å²) in [7, 11) is 1.41. The van der Waals surface area contributed by atoms with Crippen LogP contribution in [0.15, 0.2) is 72.8 Å². The molecule has 0 bridgehead atoms. The number of ketones is 1. The molecule has 3 aromatic carbocycles. The number of halogens is 4. The molecule has 280 valence electrons. The minimum atomic E-state index is -5.22. The molecule has 0 aliphatic heterocycles. The molecule has 0 aromatic heterocycles. The molecule has 3 atom stereocenters. The summed E-state index contributed by atoms with van der Waals surface area (Å²) in [5.74, 6) is -5.29. The van der Waals surface area contributed by atoms with E-state index < -0.39 is 65.4 Å². The van der Waals surface area contributed by atoms with Gasteiger partial charge in [0.15, 0.2) is 0 Å². The minimum absolute atomic E-state index is 0.0891. The second-order valence-corrected chi connectivity index (χ2v) is 13.7. The molecule has 0 aliphatic rings. The van der Waals surface area contributed by atoms with Crippen LogP contribution in [0.4, 0.5) is 18.0 Å². The van der Waals surface area contributed by atoms with Crippen molar-refractivity contribution in [1.29, 1.82) is 0 Å². The number of rotatable bonds is 14. The lowest BCUT2D eigenvalue weighted by Crippen LogP contribution is -2.55. The quantitative estimate of drug-likeness (QED) is 0.162. The van der Waals surface area contributed by atoms with Gasteiger partial charge in [-0.3, -0.25) is 19.2 Å². The van der Waals surface area contributed by atoms with Crippen LogP contribution < -0.4 is 26.0 Å². The third-order valence-electron chi connectivity index (χ3n) is 7.53. The van der Waals surface area contributed by atoms with Crippen molar-refractivity contribution in [2.24, 2.45) is 5.92 Å². The van der Waals surface area contributed by atoms with E-state index in [-0.39, 0.29) is 24.1 Å². The van der Waals surface area contributed by atoms with Gasteiger partial charge in [0.05, 0.1) is 13.2 Å². The first-order chi connectivity index (χ1) is 24.3. The van der Waals surface area contributed by atoms with E-state index in [1.54, 1.807) is 57.2 Å². The number of alkyl halides is 3. The van der Waals surface area contributed by atoms with Crippen molar-refractivity contribution in [3.05, 3.63) is 100 Å². The molecule has 0 fully saturated rings. The molecule has 11 nitrogen and oxygen atoms in total. The monoisotopic (exact) mass is 746 g/mol. The van der Waals surface area contributed by atoms with E-state index in [1.807, 2.05) is 0 Å². The number of hydrogen-bond donors (Lipinski definition) is 4. The van der Waals surface area contributed by atoms with Crippen LogP contribution in [0.1, 0.15) is 67.7 Å². The van der Waals surface area contributed by atoms with Crippen molar-refractivity contribution in [3.63, 3.8) is 0 Å². The van der Waals surface area contributed by atoms with E-state index in [1.165, 1.54) is 57.4 Å². The number of ether oxygens (including phenoxy) is 2. The zero-order chi connectivity index (χ0) is 38.8. The molecule has 52 heavy (non-hydrogen) atoms. The van der Waals surface area contributed by atoms with Crippen molar-refractivity contribution in [2.45, 2.75) is 77.5 Å². The van der Waals surface area contributed by atoms with Gasteiger partial charge in [-0.05, 0) is 79.8 Å². The fraction of sp³-hybridized carbons (Fsp3) is 0.378. The molecular weight excluding hydrogens is 705 g/mol. The van der Waals surface area contributed by atoms with E-state index in [9.17, 15) is 37.1 Å². The van der Waals surface area contributed by atoms with Crippen LogP contribution in [0, 0.1) is 5.92 Å². The van der Waals surface area contributed by atoms with Crippen molar-refractivity contribution in [3.8, 4) is 5.75 Å². The normalized spacial score (nSPS) is 13.3. The van der Waals surface area contributed by atoms with Crippen LogP contribution in [-0.4, -0.2) is 60.6 Å². The summed E-state index contributed by atoms with van der Waals surface area (Å²) in [5.41, 5.74) is 0.864. The summed E-state index contributed by atoms with van der Waals surface area (Å²) < 4.78 is 50.7. The molecule has 0 saturated carbocycles. The number of methoxy groups -OCH3 is 1. The predicted molar refractivity (Wildman–Crippen MR) is 188 cm³/mol. The summed E-state index contributed by atoms with van der Waals surface area (Å²) in [6.07, 6.45) is -5.92. The van der Waals surface area contributed by atoms with E-state index in [2.05, 4.69) is 21.3 Å². The summed E-state index contributed by atoms with van der Waals surface area (Å²) in [6, 6.07) is 13.7. The molecule has 3 unspecified atom stereocenters. The maximum absolute atomic E-state index is 14.0. The second kappa shape index (κ2) is 17.9. The van der Waals surface area contributed by atoms with Crippen LogP contribution in [0.3, 0.4) is 0 Å². The number of amides is 4. The van der Waals surface area contributed by atoms with Gasteiger partial charge in [0.1, 0.15) is 23.4 Å². The van der Waals surface area contributed by atoms with Crippen molar-refractivity contribution in [2.75, 3.05) is 7.11 Å². The van der Waals surface area contributed by atoms with Crippen LogP contribution in [0.5, 0.6) is 5.75 Å². The summed E-state index contributed by atoms with van der Waals surface area (Å²) >= 11 is 6.17. The summed E-state index contributed by atoms with van der Waals surface area (Å²) in [5, 5.41) is 10.4. The van der Waals surface area contributed by atoms with Crippen molar-refractivity contribution < 1.29 is 46.6 Å². The molecule has 15 heteroatoms. The highest BCUT2D eigenvalue weighted by molar-refractivity contribution is 6.30. The molecule has 0 spiro atoms. The molecule has 4 N–H and O–H groups in total. The Kier molecular flexibility index (Phi) is 14.2. The number of benzene rings is 3. The highest BCUT2D eigenvalue weighted by Crippen LogP contribution is 2.24. The van der Waals surface area contributed by atoms with Gasteiger partial charge in [0.25, 0.3) is 11.7 Å². The Morgan fingerprint density at radius 1 is 0.808 bits per heavy atom. The lowest BCUT2D eigenvalue weighted by atomic mass is 9.97. The molecular formula is C37H42ClF3N4O7. The fourth-order valence-corrected chi connectivity index (χ4v) is 5.11. The Balaban J connectivity index is 1.89. The number of carbonyl (C=O) groups excluding carboxylic acids is 5. The first kappa shape index (κ1) is 41.3. The van der Waals surface area contributed by atoms with E-state index in [0.29, 0.717) is 21.9 Å². The van der Waals surface area contributed by atoms with Gasteiger partial charge < -0.3 is 30.7 Å². The molecule has 4 amide bonds. The average Bonchev–Trinajstić information content (AvgIpc) is 3.06. The Bertz CT molecular complexity index is 1730. The Morgan fingerprint density at radius 3 is 1.98 bits per heavy atom. The highest BCUT2D eigenvalue weighted by atomic mass is 35.5. The topological polar surface area (TPSA) is 152 Å². The van der Waals surface area contributed by atoms with Crippen molar-refractivity contribution >= 4 is 41.2 Å². The van der Waals surface area contributed by atoms with Crippen LogP contribution in [-0.2, 0) is 32.1 Å². The molecule has 0 heterocycles. The summed E-state index contributed by atoms with van der Waals surface area (Å²) in [6.45, 7) is 8.01. The standard InChI is InChI=1S/C37H42ClF3N4O7/c1-21(2)29(31(46)37(39,40)41)44-34(49)30(24-14-16-27(51-6)17-15-24)45-33(48)28(19-23-8-7-9-26(38)18-23)43-32(47)25-12-10-22(11-13-25)20-42-35(50)52-36(3,4)5/h7-18,21,28-30H,19-20H2,1-6H3,(H,42,50)(H,43,47)(H,44,49)(H,45,48). The van der Waals surface area contributed by atoms with Crippen molar-refractivity contribution in [1.82, 2.24) is 21.3 Å². The number of nitrogens with one attached hydrogen (secondary N) is 4. The first-order valence-corrected chi connectivity index (χ1v) is 16.6. The maximum atomic E-state index is 14.0. The summed E-state index contributed by atoms with van der Waals surface area (Å²) in [4.78, 5) is 65.3. The Labute approximate surface area is 305 Å². The zero-order valence-corrected chi connectivity index (χ0v) is 30.3. The molecule has 0 saturated heterocycles. The molecule has 0 radical (unpaired) electrons. The van der Waals surface area contributed by atoms with Crippen LogP contribution in [0.25, 0.3) is 0 Å². The first-order valence-electron chi connectivity index (χ1n) is 16.2. The highest BCUT2D eigenvalue weighted by Gasteiger charge is 2.45. The molecule has 3 rings (SSSR count). The second-order valence-electron chi connectivity index (χ2n) is 13.2. The van der Waals surface area contributed by atoms with Gasteiger partial charge in [-0.15, -0.1) is 0 Å². The van der Waals surface area contributed by atoms with E-state index in [0.717, 1.165) is 0 Å². The minimum Gasteiger partial charge on any atom is -0.497 e. The number of hydrogen-bond acceptors (Lipinski definition) is 7. The number of Topliss-reactive ketones (excluding diaryl/α,β-unsaturated/α-hetero) is 1. The van der Waals surface area contributed by atoms with Crippen LogP contribution >= 0.6 is 11.6 Å².